The standard InChI is InChI=1S/C20H38/c1-6-9-15-20(13-7-2)16-12-10-11-14-19(5)17-18(4)8-3/h8,11,14,18-20H,3,6-7,9-10,12-13,15-17H2,1-2,4-5H3. The van der Waals surface area contributed by atoms with Gasteiger partial charge in [-0.25, -0.2) is 0 Å². The molecule has 0 heteroatoms. The van der Waals surface area contributed by atoms with Gasteiger partial charge in [0.2, 0.25) is 0 Å². The number of allylic oxidation sites excluding steroid dienone is 3. The molecule has 0 aliphatic heterocycles. The summed E-state index contributed by atoms with van der Waals surface area (Å²) in [7, 11) is 0. The van der Waals surface area contributed by atoms with Crippen LogP contribution in [-0.2, 0) is 0 Å². The molecule has 118 valence electrons. The van der Waals surface area contributed by atoms with Crippen molar-refractivity contribution in [3.63, 3.8) is 0 Å². The van der Waals surface area contributed by atoms with Gasteiger partial charge in [0.1, 0.15) is 0 Å². The quantitative estimate of drug-likeness (QED) is 0.247. The van der Waals surface area contributed by atoms with Gasteiger partial charge >= 0.3 is 0 Å². The van der Waals surface area contributed by atoms with E-state index in [-0.39, 0.29) is 0 Å². The minimum Gasteiger partial charge on any atom is -0.103 e. The third kappa shape index (κ3) is 11.3. The Bertz CT molecular complexity index is 238. The highest BCUT2D eigenvalue weighted by Gasteiger charge is 2.06. The molecular formula is C20H38. The zero-order valence-corrected chi connectivity index (χ0v) is 14.5. The average molecular weight is 279 g/mol. The Morgan fingerprint density at radius 1 is 0.900 bits per heavy atom. The summed E-state index contributed by atoms with van der Waals surface area (Å²) in [5.41, 5.74) is 0. The van der Waals surface area contributed by atoms with Crippen LogP contribution in [0.15, 0.2) is 24.8 Å². The average Bonchev–Trinajstić information content (AvgIpc) is 2.43. The first-order valence-corrected chi connectivity index (χ1v) is 8.93. The molecule has 0 bridgehead atoms. The summed E-state index contributed by atoms with van der Waals surface area (Å²) in [5.74, 6) is 2.30. The molecule has 0 heterocycles. The molecule has 0 aliphatic rings. The number of rotatable bonds is 13. The highest BCUT2D eigenvalue weighted by atomic mass is 14.1. The lowest BCUT2D eigenvalue weighted by Gasteiger charge is -2.15. The van der Waals surface area contributed by atoms with Gasteiger partial charge in [-0.05, 0) is 37.0 Å². The topological polar surface area (TPSA) is 0 Å². The SMILES string of the molecule is C=CC(C)CC(C)C=CCCCC(CCC)CCCC. The Morgan fingerprint density at radius 3 is 2.20 bits per heavy atom. The van der Waals surface area contributed by atoms with E-state index in [0.717, 1.165) is 5.92 Å². The van der Waals surface area contributed by atoms with Crippen molar-refractivity contribution in [2.75, 3.05) is 0 Å². The van der Waals surface area contributed by atoms with Crippen molar-refractivity contribution in [1.82, 2.24) is 0 Å². The van der Waals surface area contributed by atoms with Crippen LogP contribution >= 0.6 is 0 Å². The molecule has 0 saturated carbocycles. The van der Waals surface area contributed by atoms with Gasteiger partial charge in [0.25, 0.3) is 0 Å². The van der Waals surface area contributed by atoms with Gasteiger partial charge in [-0.2, -0.15) is 0 Å². The Morgan fingerprint density at radius 2 is 1.60 bits per heavy atom. The van der Waals surface area contributed by atoms with E-state index in [0.29, 0.717) is 11.8 Å². The van der Waals surface area contributed by atoms with Crippen molar-refractivity contribution in [3.05, 3.63) is 24.8 Å². The summed E-state index contributed by atoms with van der Waals surface area (Å²) in [6.45, 7) is 13.1. The molecule has 0 radical (unpaired) electrons. The van der Waals surface area contributed by atoms with Gasteiger partial charge in [-0.15, -0.1) is 6.58 Å². The molecule has 0 aliphatic carbocycles. The van der Waals surface area contributed by atoms with Crippen LogP contribution in [0.3, 0.4) is 0 Å². The molecule has 0 nitrogen and oxygen atoms in total. The van der Waals surface area contributed by atoms with Crippen LogP contribution in [0.1, 0.15) is 85.5 Å². The third-order valence-electron chi connectivity index (χ3n) is 4.26. The molecule has 0 amide bonds. The molecular weight excluding hydrogens is 240 g/mol. The van der Waals surface area contributed by atoms with Crippen LogP contribution in [0.2, 0.25) is 0 Å². The Hall–Kier alpha value is -0.520. The second kappa shape index (κ2) is 13.5. The molecule has 3 atom stereocenters. The van der Waals surface area contributed by atoms with Crippen LogP contribution in [-0.4, -0.2) is 0 Å². The van der Waals surface area contributed by atoms with Crippen LogP contribution in [0.25, 0.3) is 0 Å². The summed E-state index contributed by atoms with van der Waals surface area (Å²) >= 11 is 0. The lowest BCUT2D eigenvalue weighted by atomic mass is 9.91. The lowest BCUT2D eigenvalue weighted by Crippen LogP contribution is -2.00. The summed E-state index contributed by atoms with van der Waals surface area (Å²) in [6.07, 6.45) is 19.1. The molecule has 20 heavy (non-hydrogen) atoms. The predicted molar refractivity (Wildman–Crippen MR) is 94.1 cm³/mol. The van der Waals surface area contributed by atoms with Gasteiger partial charge in [-0.3, -0.25) is 0 Å². The summed E-state index contributed by atoms with van der Waals surface area (Å²) in [4.78, 5) is 0. The number of unbranched alkanes of at least 4 members (excludes halogenated alkanes) is 2. The zero-order valence-electron chi connectivity index (χ0n) is 14.5. The molecule has 0 fully saturated rings. The first-order chi connectivity index (χ1) is 9.63. The monoisotopic (exact) mass is 278 g/mol. The molecule has 0 spiro atoms. The van der Waals surface area contributed by atoms with E-state index in [1.165, 1.54) is 57.8 Å². The number of hydrogen-bond acceptors (Lipinski definition) is 0. The fourth-order valence-electron chi connectivity index (χ4n) is 2.95. The van der Waals surface area contributed by atoms with E-state index in [4.69, 9.17) is 0 Å². The molecule has 0 N–H and O–H groups in total. The van der Waals surface area contributed by atoms with Crippen LogP contribution in [0.5, 0.6) is 0 Å². The van der Waals surface area contributed by atoms with E-state index in [2.05, 4.69) is 52.5 Å². The maximum atomic E-state index is 3.86. The van der Waals surface area contributed by atoms with Crippen LogP contribution in [0.4, 0.5) is 0 Å². The van der Waals surface area contributed by atoms with Crippen molar-refractivity contribution >= 4 is 0 Å². The normalized spacial score (nSPS) is 16.2. The van der Waals surface area contributed by atoms with Gasteiger partial charge < -0.3 is 0 Å². The first kappa shape index (κ1) is 19.5. The minimum atomic E-state index is 0.637. The largest absolute Gasteiger partial charge is 0.103 e. The zero-order chi connectivity index (χ0) is 15.2. The van der Waals surface area contributed by atoms with E-state index < -0.39 is 0 Å². The lowest BCUT2D eigenvalue weighted by molar-refractivity contribution is 0.393. The van der Waals surface area contributed by atoms with Crippen molar-refractivity contribution < 1.29 is 0 Å². The van der Waals surface area contributed by atoms with Gasteiger partial charge in [0, 0.05) is 0 Å². The van der Waals surface area contributed by atoms with Gasteiger partial charge in [0.15, 0.2) is 0 Å². The van der Waals surface area contributed by atoms with E-state index in [9.17, 15) is 0 Å². The fourth-order valence-corrected chi connectivity index (χ4v) is 2.95. The molecule has 0 aromatic heterocycles. The van der Waals surface area contributed by atoms with E-state index in [1.807, 2.05) is 0 Å². The summed E-state index contributed by atoms with van der Waals surface area (Å²) in [5, 5.41) is 0. The highest BCUT2D eigenvalue weighted by molar-refractivity contribution is 4.89. The smallest absolute Gasteiger partial charge is 0.0256 e. The van der Waals surface area contributed by atoms with Gasteiger partial charge in [0.05, 0.1) is 0 Å². The predicted octanol–water partition coefficient (Wildman–Crippen LogP) is 7.17. The Kier molecular flexibility index (Phi) is 13.1. The molecule has 0 saturated heterocycles. The number of hydrogen-bond donors (Lipinski definition) is 0. The minimum absolute atomic E-state index is 0.637. The fraction of sp³-hybridized carbons (Fsp3) is 0.800. The first-order valence-electron chi connectivity index (χ1n) is 8.93. The van der Waals surface area contributed by atoms with Crippen molar-refractivity contribution in [2.24, 2.45) is 17.8 Å². The molecule has 0 aromatic rings. The van der Waals surface area contributed by atoms with E-state index >= 15 is 0 Å². The Balaban J connectivity index is 3.77. The Labute approximate surface area is 128 Å². The summed E-state index contributed by atoms with van der Waals surface area (Å²) < 4.78 is 0. The van der Waals surface area contributed by atoms with Crippen molar-refractivity contribution in [1.29, 1.82) is 0 Å². The highest BCUT2D eigenvalue weighted by Crippen LogP contribution is 2.21. The molecule has 0 aromatic carbocycles. The summed E-state index contributed by atoms with van der Waals surface area (Å²) in [6, 6.07) is 0. The second-order valence-electron chi connectivity index (χ2n) is 6.58. The van der Waals surface area contributed by atoms with Crippen molar-refractivity contribution in [2.45, 2.75) is 85.5 Å². The van der Waals surface area contributed by atoms with Gasteiger partial charge in [-0.1, -0.05) is 84.4 Å². The maximum Gasteiger partial charge on any atom is -0.0256 e. The van der Waals surface area contributed by atoms with Crippen LogP contribution in [0, 0.1) is 17.8 Å². The van der Waals surface area contributed by atoms with Crippen molar-refractivity contribution in [3.8, 4) is 0 Å². The van der Waals surface area contributed by atoms with Crippen LogP contribution < -0.4 is 0 Å². The molecule has 3 unspecified atom stereocenters. The second-order valence-corrected chi connectivity index (χ2v) is 6.58. The third-order valence-corrected chi connectivity index (χ3v) is 4.26. The maximum absolute atomic E-state index is 3.86. The molecule has 0 rings (SSSR count). The van der Waals surface area contributed by atoms with E-state index in [1.54, 1.807) is 0 Å².